The van der Waals surface area contributed by atoms with E-state index in [9.17, 15) is 0 Å². The SMILES string of the molecule is Clc1cc(C2CC2)ccc1NC1=NCCN1. The van der Waals surface area contributed by atoms with Crippen LogP contribution in [0.2, 0.25) is 5.02 Å². The van der Waals surface area contributed by atoms with Gasteiger partial charge in [-0.1, -0.05) is 17.7 Å². The molecule has 2 aliphatic rings. The molecule has 1 aliphatic heterocycles. The van der Waals surface area contributed by atoms with Crippen LogP contribution in [0.15, 0.2) is 23.2 Å². The molecule has 0 amide bonds. The summed E-state index contributed by atoms with van der Waals surface area (Å²) in [6.07, 6.45) is 2.61. The van der Waals surface area contributed by atoms with E-state index in [0.717, 1.165) is 35.7 Å². The second-order valence-electron chi connectivity index (χ2n) is 4.30. The van der Waals surface area contributed by atoms with Gasteiger partial charge in [-0.05, 0) is 36.5 Å². The van der Waals surface area contributed by atoms with Crippen LogP contribution in [0.25, 0.3) is 0 Å². The van der Waals surface area contributed by atoms with E-state index in [4.69, 9.17) is 11.6 Å². The number of anilines is 1. The minimum absolute atomic E-state index is 0.744. The van der Waals surface area contributed by atoms with Crippen LogP contribution in [-0.4, -0.2) is 19.0 Å². The zero-order valence-electron chi connectivity index (χ0n) is 8.96. The summed E-state index contributed by atoms with van der Waals surface area (Å²) in [5.74, 6) is 1.56. The number of rotatable bonds is 2. The van der Waals surface area contributed by atoms with Crippen LogP contribution in [0.1, 0.15) is 24.3 Å². The summed E-state index contributed by atoms with van der Waals surface area (Å²) in [6, 6.07) is 6.26. The Morgan fingerprint density at radius 3 is 2.88 bits per heavy atom. The Kier molecular flexibility index (Phi) is 2.48. The van der Waals surface area contributed by atoms with E-state index in [1.807, 2.05) is 6.07 Å². The first-order chi connectivity index (χ1) is 7.83. The van der Waals surface area contributed by atoms with Crippen LogP contribution < -0.4 is 10.6 Å². The van der Waals surface area contributed by atoms with Crippen molar-refractivity contribution in [1.29, 1.82) is 0 Å². The van der Waals surface area contributed by atoms with E-state index in [0.29, 0.717) is 0 Å². The molecule has 4 heteroatoms. The average Bonchev–Trinajstić information content (AvgIpc) is 3.01. The monoisotopic (exact) mass is 235 g/mol. The van der Waals surface area contributed by atoms with Gasteiger partial charge in [0.25, 0.3) is 0 Å². The molecule has 1 saturated carbocycles. The highest BCUT2D eigenvalue weighted by Crippen LogP contribution is 2.41. The summed E-state index contributed by atoms with van der Waals surface area (Å²) >= 11 is 6.23. The maximum absolute atomic E-state index is 6.23. The third kappa shape index (κ3) is 2.00. The van der Waals surface area contributed by atoms with Crippen LogP contribution in [0.3, 0.4) is 0 Å². The number of nitrogens with zero attached hydrogens (tertiary/aromatic N) is 1. The van der Waals surface area contributed by atoms with Crippen molar-refractivity contribution in [2.24, 2.45) is 4.99 Å². The number of hydrogen-bond acceptors (Lipinski definition) is 3. The molecule has 84 valence electrons. The normalized spacial score (nSPS) is 19.2. The number of guanidine groups is 1. The fourth-order valence-corrected chi connectivity index (χ4v) is 2.15. The maximum Gasteiger partial charge on any atom is 0.195 e. The van der Waals surface area contributed by atoms with Gasteiger partial charge in [0.15, 0.2) is 5.96 Å². The van der Waals surface area contributed by atoms with Crippen LogP contribution >= 0.6 is 11.6 Å². The van der Waals surface area contributed by atoms with Crippen molar-refractivity contribution < 1.29 is 0 Å². The Hall–Kier alpha value is -1.22. The molecule has 1 aromatic rings. The van der Waals surface area contributed by atoms with Crippen LogP contribution in [-0.2, 0) is 0 Å². The predicted molar refractivity (Wildman–Crippen MR) is 67.4 cm³/mol. The van der Waals surface area contributed by atoms with Gasteiger partial charge < -0.3 is 10.6 Å². The molecule has 16 heavy (non-hydrogen) atoms. The van der Waals surface area contributed by atoms with Gasteiger partial charge >= 0.3 is 0 Å². The predicted octanol–water partition coefficient (Wildman–Crippen LogP) is 2.59. The van der Waals surface area contributed by atoms with E-state index < -0.39 is 0 Å². The van der Waals surface area contributed by atoms with Gasteiger partial charge in [0, 0.05) is 6.54 Å². The molecular weight excluding hydrogens is 222 g/mol. The Bertz CT molecular complexity index is 438. The minimum Gasteiger partial charge on any atom is -0.354 e. The lowest BCUT2D eigenvalue weighted by Gasteiger charge is -2.09. The summed E-state index contributed by atoms with van der Waals surface area (Å²) < 4.78 is 0. The molecule has 3 rings (SSSR count). The van der Waals surface area contributed by atoms with Crippen molar-refractivity contribution >= 4 is 23.2 Å². The largest absolute Gasteiger partial charge is 0.354 e. The molecular formula is C12H14ClN3. The van der Waals surface area contributed by atoms with Gasteiger partial charge in [0.05, 0.1) is 17.3 Å². The molecule has 1 heterocycles. The molecule has 0 atom stereocenters. The molecule has 1 aliphatic carbocycles. The highest BCUT2D eigenvalue weighted by atomic mass is 35.5. The number of nitrogens with one attached hydrogen (secondary N) is 2. The Morgan fingerprint density at radius 2 is 2.25 bits per heavy atom. The molecule has 0 saturated heterocycles. The lowest BCUT2D eigenvalue weighted by molar-refractivity contribution is 0.959. The van der Waals surface area contributed by atoms with Gasteiger partial charge in [-0.3, -0.25) is 4.99 Å². The van der Waals surface area contributed by atoms with Gasteiger partial charge in [-0.15, -0.1) is 0 Å². The standard InChI is InChI=1S/C12H14ClN3/c13-10-7-9(8-1-2-8)3-4-11(10)16-12-14-5-6-15-12/h3-4,7-8H,1-2,5-6H2,(H2,14,15,16). The van der Waals surface area contributed by atoms with Gasteiger partial charge in [0.2, 0.25) is 0 Å². The van der Waals surface area contributed by atoms with E-state index in [1.54, 1.807) is 0 Å². The van der Waals surface area contributed by atoms with Gasteiger partial charge in [-0.25, -0.2) is 0 Å². The lowest BCUT2D eigenvalue weighted by atomic mass is 10.1. The highest BCUT2D eigenvalue weighted by molar-refractivity contribution is 6.33. The lowest BCUT2D eigenvalue weighted by Crippen LogP contribution is -2.26. The van der Waals surface area contributed by atoms with Crippen LogP contribution in [0, 0.1) is 0 Å². The molecule has 1 aromatic carbocycles. The van der Waals surface area contributed by atoms with E-state index >= 15 is 0 Å². The first kappa shape index (κ1) is 9.97. The Labute approximate surface area is 99.9 Å². The van der Waals surface area contributed by atoms with Crippen molar-refractivity contribution in [3.8, 4) is 0 Å². The third-order valence-corrected chi connectivity index (χ3v) is 3.28. The van der Waals surface area contributed by atoms with Crippen LogP contribution in [0.4, 0.5) is 5.69 Å². The molecule has 2 N–H and O–H groups in total. The number of benzene rings is 1. The van der Waals surface area contributed by atoms with E-state index in [-0.39, 0.29) is 0 Å². The molecule has 0 unspecified atom stereocenters. The van der Waals surface area contributed by atoms with Crippen molar-refractivity contribution in [3.05, 3.63) is 28.8 Å². The number of halogens is 1. The third-order valence-electron chi connectivity index (χ3n) is 2.97. The second kappa shape index (κ2) is 3.98. The van der Waals surface area contributed by atoms with Crippen LogP contribution in [0.5, 0.6) is 0 Å². The summed E-state index contributed by atoms with van der Waals surface area (Å²) in [5.41, 5.74) is 2.29. The molecule has 1 fully saturated rings. The zero-order valence-corrected chi connectivity index (χ0v) is 9.72. The number of aliphatic imine (C=N–C) groups is 1. The van der Waals surface area contributed by atoms with E-state index in [2.05, 4.69) is 27.8 Å². The van der Waals surface area contributed by atoms with Crippen molar-refractivity contribution in [2.45, 2.75) is 18.8 Å². The van der Waals surface area contributed by atoms with Gasteiger partial charge in [0.1, 0.15) is 0 Å². The number of hydrogen-bond donors (Lipinski definition) is 2. The average molecular weight is 236 g/mol. The summed E-state index contributed by atoms with van der Waals surface area (Å²) in [4.78, 5) is 4.28. The molecule has 3 nitrogen and oxygen atoms in total. The first-order valence-electron chi connectivity index (χ1n) is 5.68. The highest BCUT2D eigenvalue weighted by Gasteiger charge is 2.24. The quantitative estimate of drug-likeness (QED) is 0.827. The fourth-order valence-electron chi connectivity index (χ4n) is 1.91. The molecule has 0 spiro atoms. The van der Waals surface area contributed by atoms with Gasteiger partial charge in [-0.2, -0.15) is 0 Å². The maximum atomic E-state index is 6.23. The topological polar surface area (TPSA) is 36.4 Å². The fraction of sp³-hybridized carbons (Fsp3) is 0.417. The van der Waals surface area contributed by atoms with Crippen molar-refractivity contribution in [3.63, 3.8) is 0 Å². The molecule has 0 radical (unpaired) electrons. The smallest absolute Gasteiger partial charge is 0.195 e. The zero-order chi connectivity index (χ0) is 11.0. The van der Waals surface area contributed by atoms with Crippen molar-refractivity contribution in [1.82, 2.24) is 5.32 Å². The summed E-state index contributed by atoms with van der Waals surface area (Å²) in [6.45, 7) is 1.74. The first-order valence-corrected chi connectivity index (χ1v) is 6.05. The van der Waals surface area contributed by atoms with E-state index in [1.165, 1.54) is 18.4 Å². The minimum atomic E-state index is 0.744. The summed E-state index contributed by atoms with van der Waals surface area (Å²) in [7, 11) is 0. The Morgan fingerprint density at radius 1 is 1.38 bits per heavy atom. The van der Waals surface area contributed by atoms with Crippen molar-refractivity contribution in [2.75, 3.05) is 18.4 Å². The Balaban J connectivity index is 1.78. The molecule has 0 bridgehead atoms. The second-order valence-corrected chi connectivity index (χ2v) is 4.70. The molecule has 0 aromatic heterocycles. The summed E-state index contributed by atoms with van der Waals surface area (Å²) in [5, 5.41) is 7.14.